The number of nitrogens with one attached hydrogen (secondary N) is 2. The number of anilines is 2. The maximum atomic E-state index is 12.5. The van der Waals surface area contributed by atoms with Crippen molar-refractivity contribution in [2.24, 2.45) is 5.92 Å². The SMILES string of the molecule is CCOc1ccc(NCc2cccn2-c2nnc(N3CCC(C(=O)NCC(OC)OC)CC3)s2)cc1. The van der Waals surface area contributed by atoms with Gasteiger partial charge in [-0.2, -0.15) is 0 Å². The number of hydrogen-bond donors (Lipinski definition) is 2. The minimum atomic E-state index is -0.427. The van der Waals surface area contributed by atoms with E-state index in [2.05, 4.69) is 36.4 Å². The van der Waals surface area contributed by atoms with Gasteiger partial charge in [0.1, 0.15) is 5.75 Å². The second-order valence-electron chi connectivity index (χ2n) is 8.46. The summed E-state index contributed by atoms with van der Waals surface area (Å²) in [5, 5.41) is 17.0. The molecule has 2 aromatic heterocycles. The molecule has 0 bridgehead atoms. The minimum absolute atomic E-state index is 0.0206. The fraction of sp³-hybridized carbons (Fsp3) is 0.480. The average Bonchev–Trinajstić information content (AvgIpc) is 3.59. The summed E-state index contributed by atoms with van der Waals surface area (Å²) in [5.74, 6) is 0.889. The first-order valence-electron chi connectivity index (χ1n) is 12.2. The molecule has 0 atom stereocenters. The second kappa shape index (κ2) is 12.7. The van der Waals surface area contributed by atoms with Crippen LogP contribution >= 0.6 is 11.3 Å². The molecule has 11 heteroatoms. The molecule has 2 N–H and O–H groups in total. The van der Waals surface area contributed by atoms with Crippen LogP contribution < -0.4 is 20.3 Å². The molecule has 0 radical (unpaired) electrons. The van der Waals surface area contributed by atoms with Gasteiger partial charge < -0.3 is 29.7 Å². The molecule has 1 amide bonds. The van der Waals surface area contributed by atoms with Gasteiger partial charge in [-0.25, -0.2) is 0 Å². The van der Waals surface area contributed by atoms with Crippen LogP contribution in [0.1, 0.15) is 25.5 Å². The Balaban J connectivity index is 1.30. The second-order valence-corrected chi connectivity index (χ2v) is 9.39. The van der Waals surface area contributed by atoms with Gasteiger partial charge in [0.25, 0.3) is 0 Å². The number of hydrogen-bond acceptors (Lipinski definition) is 9. The van der Waals surface area contributed by atoms with Gasteiger partial charge in [-0.15, -0.1) is 10.2 Å². The van der Waals surface area contributed by atoms with E-state index in [1.54, 1.807) is 25.6 Å². The van der Waals surface area contributed by atoms with Crippen LogP contribution in [0, 0.1) is 5.92 Å². The molecule has 1 aliphatic rings. The van der Waals surface area contributed by atoms with Crippen LogP contribution in [0.15, 0.2) is 42.6 Å². The van der Waals surface area contributed by atoms with Crippen molar-refractivity contribution in [1.29, 1.82) is 0 Å². The van der Waals surface area contributed by atoms with Gasteiger partial charge in [0, 0.05) is 50.8 Å². The fourth-order valence-electron chi connectivity index (χ4n) is 4.13. The lowest BCUT2D eigenvalue weighted by molar-refractivity contribution is -0.131. The van der Waals surface area contributed by atoms with Crippen LogP contribution in [0.4, 0.5) is 10.8 Å². The molecule has 1 aliphatic heterocycles. The number of nitrogens with zero attached hydrogens (tertiary/aromatic N) is 4. The van der Waals surface area contributed by atoms with Gasteiger partial charge in [0.15, 0.2) is 6.29 Å². The van der Waals surface area contributed by atoms with Crippen LogP contribution in [0.5, 0.6) is 5.75 Å². The van der Waals surface area contributed by atoms with E-state index in [0.717, 1.165) is 53.3 Å². The molecular weight excluding hydrogens is 480 g/mol. The Kier molecular flexibility index (Phi) is 9.15. The molecule has 3 heterocycles. The van der Waals surface area contributed by atoms with Crippen LogP contribution in [0.3, 0.4) is 0 Å². The number of aromatic nitrogens is 3. The lowest BCUT2D eigenvalue weighted by Crippen LogP contribution is -2.43. The third kappa shape index (κ3) is 6.54. The molecule has 36 heavy (non-hydrogen) atoms. The fourth-order valence-corrected chi connectivity index (χ4v) is 5.05. The third-order valence-electron chi connectivity index (χ3n) is 6.19. The largest absolute Gasteiger partial charge is 0.494 e. The maximum absolute atomic E-state index is 12.5. The van der Waals surface area contributed by atoms with Crippen LogP contribution in [0.25, 0.3) is 5.13 Å². The topological polar surface area (TPSA) is 103 Å². The summed E-state index contributed by atoms with van der Waals surface area (Å²) in [7, 11) is 3.12. The molecule has 3 aromatic rings. The number of rotatable bonds is 12. The number of piperidine rings is 1. The Morgan fingerprint density at radius 2 is 1.83 bits per heavy atom. The lowest BCUT2D eigenvalue weighted by atomic mass is 9.96. The molecular formula is C25H34N6O4S. The van der Waals surface area contributed by atoms with E-state index in [4.69, 9.17) is 14.2 Å². The molecule has 1 aromatic carbocycles. The molecule has 194 valence electrons. The van der Waals surface area contributed by atoms with Crippen molar-refractivity contribution in [3.05, 3.63) is 48.3 Å². The van der Waals surface area contributed by atoms with Crippen LogP contribution in [-0.4, -0.2) is 67.4 Å². The standard InChI is InChI=1S/C25H34N6O4S/c1-4-35-21-9-7-19(8-10-21)26-16-20-6-5-13-31(20)25-29-28-24(36-25)30-14-11-18(12-15-30)23(32)27-17-22(33-2)34-3/h5-10,13,18,22,26H,4,11-12,14-17H2,1-3H3,(H,27,32). The molecule has 1 fully saturated rings. The number of carbonyl (C=O) groups is 1. The average molecular weight is 515 g/mol. The summed E-state index contributed by atoms with van der Waals surface area (Å²) in [6, 6.07) is 12.0. The number of amides is 1. The van der Waals surface area contributed by atoms with Crippen molar-refractivity contribution in [2.75, 3.05) is 50.7 Å². The molecule has 0 spiro atoms. The lowest BCUT2D eigenvalue weighted by Gasteiger charge is -2.30. The number of benzene rings is 1. The molecule has 10 nitrogen and oxygen atoms in total. The van der Waals surface area contributed by atoms with Crippen molar-refractivity contribution in [2.45, 2.75) is 32.6 Å². The molecule has 1 saturated heterocycles. The van der Waals surface area contributed by atoms with E-state index in [1.165, 1.54) is 0 Å². The van der Waals surface area contributed by atoms with Gasteiger partial charge >= 0.3 is 0 Å². The minimum Gasteiger partial charge on any atom is -0.494 e. The van der Waals surface area contributed by atoms with E-state index in [9.17, 15) is 4.79 Å². The predicted octanol–water partition coefficient (Wildman–Crippen LogP) is 3.29. The van der Waals surface area contributed by atoms with Gasteiger partial charge in [-0.05, 0) is 56.2 Å². The first kappa shape index (κ1) is 25.9. The van der Waals surface area contributed by atoms with Crippen LogP contribution in [0.2, 0.25) is 0 Å². The van der Waals surface area contributed by atoms with Crippen molar-refractivity contribution >= 4 is 28.1 Å². The zero-order valence-electron chi connectivity index (χ0n) is 21.0. The van der Waals surface area contributed by atoms with Gasteiger partial charge in [0.05, 0.1) is 19.7 Å². The number of carbonyl (C=O) groups excluding carboxylic acids is 1. The first-order chi connectivity index (χ1) is 17.6. The van der Waals surface area contributed by atoms with Crippen molar-refractivity contribution in [3.8, 4) is 10.9 Å². The Morgan fingerprint density at radius 3 is 2.53 bits per heavy atom. The monoisotopic (exact) mass is 514 g/mol. The van der Waals surface area contributed by atoms with E-state index in [0.29, 0.717) is 19.7 Å². The quantitative estimate of drug-likeness (QED) is 0.355. The Hall–Kier alpha value is -3.15. The van der Waals surface area contributed by atoms with Gasteiger partial charge in [-0.3, -0.25) is 9.36 Å². The van der Waals surface area contributed by atoms with Gasteiger partial charge in [0.2, 0.25) is 16.2 Å². The van der Waals surface area contributed by atoms with E-state index < -0.39 is 6.29 Å². The summed E-state index contributed by atoms with van der Waals surface area (Å²) in [4.78, 5) is 14.7. The third-order valence-corrected chi connectivity index (χ3v) is 7.17. The van der Waals surface area contributed by atoms with Crippen molar-refractivity contribution < 1.29 is 19.0 Å². The zero-order chi connectivity index (χ0) is 25.3. The Labute approximate surface area is 215 Å². The maximum Gasteiger partial charge on any atom is 0.223 e. The highest BCUT2D eigenvalue weighted by Gasteiger charge is 2.27. The zero-order valence-corrected chi connectivity index (χ0v) is 21.8. The Bertz CT molecular complexity index is 1090. The Morgan fingerprint density at radius 1 is 1.11 bits per heavy atom. The predicted molar refractivity (Wildman–Crippen MR) is 140 cm³/mol. The summed E-state index contributed by atoms with van der Waals surface area (Å²) in [6.45, 7) is 5.16. The highest BCUT2D eigenvalue weighted by Crippen LogP contribution is 2.29. The smallest absolute Gasteiger partial charge is 0.223 e. The molecule has 0 aliphatic carbocycles. The van der Waals surface area contributed by atoms with Crippen molar-refractivity contribution in [1.82, 2.24) is 20.1 Å². The van der Waals surface area contributed by atoms with E-state index >= 15 is 0 Å². The van der Waals surface area contributed by atoms with E-state index in [-0.39, 0.29) is 11.8 Å². The van der Waals surface area contributed by atoms with E-state index in [1.807, 2.05) is 43.5 Å². The molecule has 0 unspecified atom stereocenters. The highest BCUT2D eigenvalue weighted by molar-refractivity contribution is 7.17. The number of ether oxygens (including phenoxy) is 3. The van der Waals surface area contributed by atoms with Gasteiger partial charge in [-0.1, -0.05) is 11.3 Å². The summed E-state index contributed by atoms with van der Waals surface area (Å²) in [5.41, 5.74) is 2.11. The van der Waals surface area contributed by atoms with Crippen molar-refractivity contribution in [3.63, 3.8) is 0 Å². The molecule has 4 rings (SSSR count). The van der Waals surface area contributed by atoms with Crippen LogP contribution in [-0.2, 0) is 20.8 Å². The molecule has 0 saturated carbocycles. The summed E-state index contributed by atoms with van der Waals surface area (Å²) < 4.78 is 17.8. The normalized spacial score (nSPS) is 14.3. The first-order valence-corrected chi connectivity index (χ1v) is 13.0. The summed E-state index contributed by atoms with van der Waals surface area (Å²) in [6.07, 6.45) is 3.12. The summed E-state index contributed by atoms with van der Waals surface area (Å²) >= 11 is 1.56. The highest BCUT2D eigenvalue weighted by atomic mass is 32.1. The number of methoxy groups -OCH3 is 2.